The van der Waals surface area contributed by atoms with Crippen LogP contribution in [0.4, 0.5) is 5.82 Å². The van der Waals surface area contributed by atoms with E-state index in [4.69, 9.17) is 17.7 Å². The molecular formula is C10H12N5O6P. The molecule has 4 N–H and O–H groups in total. The topological polar surface area (TPSA) is 155 Å². The van der Waals surface area contributed by atoms with Crippen molar-refractivity contribution >= 4 is 24.8 Å². The fourth-order valence-corrected chi connectivity index (χ4v) is 3.46. The van der Waals surface area contributed by atoms with Gasteiger partial charge in [-0.25, -0.2) is 19.5 Å². The van der Waals surface area contributed by atoms with Crippen LogP contribution in [0.5, 0.6) is 0 Å². The van der Waals surface area contributed by atoms with Gasteiger partial charge in [0, 0.05) is 0 Å². The second-order valence-corrected chi connectivity index (χ2v) is 6.26. The first-order valence-corrected chi connectivity index (χ1v) is 7.74. The second-order valence-electron chi connectivity index (χ2n) is 4.85. The summed E-state index contributed by atoms with van der Waals surface area (Å²) in [5.41, 5.74) is 5.80. The normalized spacial score (nSPS) is 39.5. The van der Waals surface area contributed by atoms with Crippen molar-refractivity contribution in [3.8, 4) is 0 Å². The second kappa shape index (κ2) is 4.69. The molecule has 0 spiro atoms. The van der Waals surface area contributed by atoms with Gasteiger partial charge in [-0.05, 0) is 0 Å². The van der Waals surface area contributed by atoms with E-state index >= 15 is 0 Å². The van der Waals surface area contributed by atoms with E-state index in [1.54, 1.807) is 0 Å². The molecule has 4 heterocycles. The van der Waals surface area contributed by atoms with Gasteiger partial charge in [-0.2, -0.15) is 0 Å². The molecule has 0 radical (unpaired) electrons. The number of phosphoric ester groups is 1. The molecule has 2 aliphatic heterocycles. The van der Waals surface area contributed by atoms with Crippen LogP contribution in [0.2, 0.25) is 0 Å². The third-order valence-electron chi connectivity index (χ3n) is 3.50. The third kappa shape index (κ3) is 2.02. The maximum Gasteiger partial charge on any atom is 0.472 e. The molecule has 2 aromatic heterocycles. The van der Waals surface area contributed by atoms with Crippen molar-refractivity contribution in [3.63, 3.8) is 0 Å². The molecule has 12 heteroatoms. The standard InChI is InChI=1S/C10H12N5O6P/c11-8-5-9(13-2-12-8)15(3-14-5)10-6(16)7-4(20-10)1-19-22(17,18)21-7/h2-4,6-7,10,16H,1H2,(H,17,18)(H2,11,12,13)/i2D,3D. The number of rotatable bonds is 1. The van der Waals surface area contributed by atoms with Crippen molar-refractivity contribution in [2.45, 2.75) is 24.5 Å². The lowest BCUT2D eigenvalue weighted by atomic mass is 10.1. The Bertz CT molecular complexity index is 879. The lowest BCUT2D eigenvalue weighted by Crippen LogP contribution is -2.39. The zero-order chi connectivity index (χ0) is 17.2. The number of ether oxygens (including phenoxy) is 1. The number of phosphoric acid groups is 1. The van der Waals surface area contributed by atoms with Crippen molar-refractivity contribution < 1.29 is 31.1 Å². The average Bonchev–Trinajstić information content (AvgIpc) is 2.96. The van der Waals surface area contributed by atoms with Crippen LogP contribution in [0.15, 0.2) is 12.6 Å². The minimum Gasteiger partial charge on any atom is -0.386 e. The molecule has 2 saturated heterocycles. The first kappa shape index (κ1) is 11.9. The number of anilines is 1. The molecule has 0 aliphatic carbocycles. The number of imidazole rings is 1. The summed E-state index contributed by atoms with van der Waals surface area (Å²) >= 11 is 0. The van der Waals surface area contributed by atoms with E-state index in [0.717, 1.165) is 4.57 Å². The molecule has 2 aromatic rings. The fourth-order valence-electron chi connectivity index (χ4n) is 2.50. The number of aliphatic hydroxyl groups is 1. The van der Waals surface area contributed by atoms with Crippen LogP contribution < -0.4 is 5.73 Å². The van der Waals surface area contributed by atoms with Crippen LogP contribution in [0.1, 0.15) is 8.97 Å². The Morgan fingerprint density at radius 2 is 2.32 bits per heavy atom. The maximum absolute atomic E-state index is 11.5. The monoisotopic (exact) mass is 331 g/mol. The number of nitrogen functional groups attached to an aromatic ring is 1. The van der Waals surface area contributed by atoms with Crippen LogP contribution in [0, 0.1) is 0 Å². The molecule has 0 saturated carbocycles. The summed E-state index contributed by atoms with van der Waals surface area (Å²) in [7, 11) is -4.26. The van der Waals surface area contributed by atoms with E-state index in [9.17, 15) is 14.6 Å². The number of hydrogen-bond donors (Lipinski definition) is 3. The molecule has 0 bridgehead atoms. The van der Waals surface area contributed by atoms with Crippen LogP contribution in [-0.2, 0) is 18.3 Å². The Morgan fingerprint density at radius 3 is 3.14 bits per heavy atom. The lowest BCUT2D eigenvalue weighted by Gasteiger charge is -2.27. The van der Waals surface area contributed by atoms with Crippen LogP contribution in [0.25, 0.3) is 11.2 Å². The Kier molecular flexibility index (Phi) is 2.53. The van der Waals surface area contributed by atoms with Gasteiger partial charge in [-0.15, -0.1) is 0 Å². The largest absolute Gasteiger partial charge is 0.472 e. The summed E-state index contributed by atoms with van der Waals surface area (Å²) < 4.78 is 43.2. The fraction of sp³-hybridized carbons (Fsp3) is 0.500. The van der Waals surface area contributed by atoms with Crippen LogP contribution >= 0.6 is 7.82 Å². The molecule has 2 fully saturated rings. The van der Waals surface area contributed by atoms with Gasteiger partial charge in [0.1, 0.15) is 32.9 Å². The summed E-state index contributed by atoms with van der Waals surface area (Å²) in [5, 5.41) is 10.4. The van der Waals surface area contributed by atoms with Gasteiger partial charge in [0.25, 0.3) is 0 Å². The van der Waals surface area contributed by atoms with E-state index in [1.807, 2.05) is 0 Å². The smallest absolute Gasteiger partial charge is 0.386 e. The number of fused-ring (bicyclic) bond motifs is 2. The molecule has 4 rings (SSSR count). The summed E-state index contributed by atoms with van der Waals surface area (Å²) in [6, 6.07) is 0. The molecular weight excluding hydrogens is 317 g/mol. The summed E-state index contributed by atoms with van der Waals surface area (Å²) in [6.45, 7) is -0.257. The van der Waals surface area contributed by atoms with E-state index in [-0.39, 0.29) is 36.2 Å². The van der Waals surface area contributed by atoms with E-state index in [0.29, 0.717) is 0 Å². The zero-order valence-corrected chi connectivity index (χ0v) is 11.8. The summed E-state index contributed by atoms with van der Waals surface area (Å²) in [5.74, 6) is -0.0819. The SMILES string of the molecule is [2H]c1nc(N)c2nc([2H])n(C3OC4COP(=O)(O)OC4C3O)c2n1. The molecule has 11 nitrogen and oxygen atoms in total. The van der Waals surface area contributed by atoms with Crippen molar-refractivity contribution in [2.24, 2.45) is 0 Å². The van der Waals surface area contributed by atoms with Gasteiger partial charge in [-0.1, -0.05) is 0 Å². The molecule has 22 heavy (non-hydrogen) atoms. The number of nitrogens with zero attached hydrogens (tertiary/aromatic N) is 4. The minimum atomic E-state index is -4.26. The van der Waals surface area contributed by atoms with Crippen molar-refractivity contribution in [2.75, 3.05) is 12.3 Å². The highest BCUT2D eigenvalue weighted by atomic mass is 31.2. The Morgan fingerprint density at radius 1 is 1.50 bits per heavy atom. The van der Waals surface area contributed by atoms with Gasteiger partial charge in [-0.3, -0.25) is 13.6 Å². The molecule has 2 aliphatic rings. The van der Waals surface area contributed by atoms with Crippen LogP contribution in [0.3, 0.4) is 0 Å². The Balaban J connectivity index is 1.79. The third-order valence-corrected chi connectivity index (χ3v) is 4.48. The first-order valence-electron chi connectivity index (χ1n) is 7.25. The highest BCUT2D eigenvalue weighted by Gasteiger charge is 2.52. The Labute approximate surface area is 126 Å². The number of aromatic nitrogens is 4. The summed E-state index contributed by atoms with van der Waals surface area (Å²) in [4.78, 5) is 20.8. The average molecular weight is 331 g/mol. The predicted octanol–water partition coefficient (Wildman–Crippen LogP) is -0.817. The van der Waals surface area contributed by atoms with Crippen molar-refractivity contribution in [1.29, 1.82) is 0 Å². The van der Waals surface area contributed by atoms with Gasteiger partial charge < -0.3 is 20.5 Å². The zero-order valence-electron chi connectivity index (χ0n) is 12.9. The number of nitrogens with two attached hydrogens (primary N) is 1. The molecule has 0 amide bonds. The lowest BCUT2D eigenvalue weighted by molar-refractivity contribution is -0.0664. The van der Waals surface area contributed by atoms with E-state index < -0.39 is 32.4 Å². The van der Waals surface area contributed by atoms with E-state index in [1.165, 1.54) is 0 Å². The van der Waals surface area contributed by atoms with Crippen molar-refractivity contribution in [3.05, 3.63) is 12.6 Å². The quantitative estimate of drug-likeness (QED) is 0.564. The highest BCUT2D eigenvalue weighted by molar-refractivity contribution is 7.47. The molecule has 0 aromatic carbocycles. The number of hydrogen-bond acceptors (Lipinski definition) is 9. The van der Waals surface area contributed by atoms with Gasteiger partial charge in [0.2, 0.25) is 0 Å². The maximum atomic E-state index is 11.5. The Hall–Kier alpha value is -1.62. The van der Waals surface area contributed by atoms with Crippen LogP contribution in [-0.4, -0.2) is 54.4 Å². The molecule has 118 valence electrons. The predicted molar refractivity (Wildman–Crippen MR) is 70.3 cm³/mol. The minimum absolute atomic E-state index is 0.0355. The van der Waals surface area contributed by atoms with Gasteiger partial charge in [0.05, 0.1) is 12.9 Å². The number of aliphatic hydroxyl groups excluding tert-OH is 1. The summed E-state index contributed by atoms with van der Waals surface area (Å²) in [6.07, 6.45) is -5.20. The molecule has 5 unspecified atom stereocenters. The van der Waals surface area contributed by atoms with Gasteiger partial charge in [0.15, 0.2) is 17.7 Å². The molecule has 5 atom stereocenters. The highest BCUT2D eigenvalue weighted by Crippen LogP contribution is 2.52. The van der Waals surface area contributed by atoms with E-state index in [2.05, 4.69) is 19.5 Å². The first-order chi connectivity index (χ1) is 11.3. The van der Waals surface area contributed by atoms with Crippen molar-refractivity contribution in [1.82, 2.24) is 19.5 Å². The van der Waals surface area contributed by atoms with Gasteiger partial charge >= 0.3 is 7.82 Å².